The van der Waals surface area contributed by atoms with Gasteiger partial charge in [0.2, 0.25) is 5.91 Å². The number of carbonyl (C=O) groups excluding carboxylic acids is 1. The highest BCUT2D eigenvalue weighted by atomic mass is 16.2. The lowest BCUT2D eigenvalue weighted by Gasteiger charge is -2.19. The van der Waals surface area contributed by atoms with Crippen LogP contribution in [0.25, 0.3) is 0 Å². The molecule has 0 radical (unpaired) electrons. The van der Waals surface area contributed by atoms with Crippen molar-refractivity contribution in [3.8, 4) is 0 Å². The normalized spacial score (nSPS) is 19.1. The Morgan fingerprint density at radius 2 is 2.17 bits per heavy atom. The van der Waals surface area contributed by atoms with Crippen LogP contribution < -0.4 is 5.32 Å². The molecule has 0 saturated carbocycles. The molecule has 1 N–H and O–H groups in total. The van der Waals surface area contributed by atoms with E-state index < -0.39 is 0 Å². The molecule has 0 unspecified atom stereocenters. The van der Waals surface area contributed by atoms with Crippen molar-refractivity contribution in [1.82, 2.24) is 19.8 Å². The smallest absolute Gasteiger partial charge is 0.242 e. The first-order valence-electron chi connectivity index (χ1n) is 6.79. The van der Waals surface area contributed by atoms with Gasteiger partial charge in [0.15, 0.2) is 0 Å². The van der Waals surface area contributed by atoms with E-state index in [2.05, 4.69) is 14.9 Å². The number of hydrogen-bond donors (Lipinski definition) is 1. The lowest BCUT2D eigenvalue weighted by Crippen LogP contribution is -2.32. The minimum absolute atomic E-state index is 0.245. The Morgan fingerprint density at radius 3 is 2.94 bits per heavy atom. The Balaban J connectivity index is 1.79. The van der Waals surface area contributed by atoms with E-state index >= 15 is 0 Å². The summed E-state index contributed by atoms with van der Waals surface area (Å²) in [5.74, 6) is 1.21. The molecule has 2 aliphatic heterocycles. The molecule has 1 aromatic heterocycles. The van der Waals surface area contributed by atoms with Crippen molar-refractivity contribution >= 4 is 5.91 Å². The predicted octanol–water partition coefficient (Wildman–Crippen LogP) is 0.460. The summed E-state index contributed by atoms with van der Waals surface area (Å²) in [5.41, 5.74) is 2.37. The number of carbonyl (C=O) groups is 1. The molecular weight excluding hydrogens is 228 g/mol. The van der Waals surface area contributed by atoms with E-state index in [1.165, 1.54) is 5.69 Å². The third-order valence-electron chi connectivity index (χ3n) is 3.93. The van der Waals surface area contributed by atoms with Crippen LogP contribution in [0.5, 0.6) is 0 Å². The Morgan fingerprint density at radius 1 is 1.39 bits per heavy atom. The largest absolute Gasteiger partial charge is 0.341 e. The zero-order valence-corrected chi connectivity index (χ0v) is 10.9. The monoisotopic (exact) mass is 248 g/mol. The first-order chi connectivity index (χ1) is 8.75. The van der Waals surface area contributed by atoms with E-state index in [9.17, 15) is 4.79 Å². The average Bonchev–Trinajstić information content (AvgIpc) is 2.98. The van der Waals surface area contributed by atoms with Gasteiger partial charge >= 0.3 is 0 Å². The zero-order chi connectivity index (χ0) is 12.5. The van der Waals surface area contributed by atoms with Gasteiger partial charge in [-0.15, -0.1) is 0 Å². The number of fused-ring (bicyclic) bond motifs is 1. The molecule has 5 heteroatoms. The molecule has 0 atom stereocenters. The van der Waals surface area contributed by atoms with Crippen LogP contribution in [0.2, 0.25) is 0 Å². The summed E-state index contributed by atoms with van der Waals surface area (Å²) < 4.78 is 2.11. The van der Waals surface area contributed by atoms with Crippen LogP contribution in [0.1, 0.15) is 30.1 Å². The third-order valence-corrected chi connectivity index (χ3v) is 3.93. The van der Waals surface area contributed by atoms with Gasteiger partial charge in [-0.3, -0.25) is 4.79 Å². The molecule has 0 aromatic carbocycles. The standard InChI is InChI=1S/C13H20N4O/c1-10-15-11-8-14-5-4-12(11)17(10)9-13(18)16-6-2-3-7-16/h14H,2-9H2,1H3. The minimum Gasteiger partial charge on any atom is -0.341 e. The first-order valence-corrected chi connectivity index (χ1v) is 6.79. The average molecular weight is 248 g/mol. The Bertz CT molecular complexity index is 460. The van der Waals surface area contributed by atoms with Gasteiger partial charge in [0, 0.05) is 38.3 Å². The maximum Gasteiger partial charge on any atom is 0.242 e. The van der Waals surface area contributed by atoms with Crippen molar-refractivity contribution < 1.29 is 4.79 Å². The maximum absolute atomic E-state index is 12.2. The summed E-state index contributed by atoms with van der Waals surface area (Å²) in [4.78, 5) is 18.8. The summed E-state index contributed by atoms with van der Waals surface area (Å²) in [7, 11) is 0. The van der Waals surface area contributed by atoms with E-state index in [0.29, 0.717) is 6.54 Å². The first kappa shape index (κ1) is 11.7. The van der Waals surface area contributed by atoms with Gasteiger partial charge in [-0.1, -0.05) is 0 Å². The highest BCUT2D eigenvalue weighted by molar-refractivity contribution is 5.76. The highest BCUT2D eigenvalue weighted by Crippen LogP contribution is 2.17. The topological polar surface area (TPSA) is 50.2 Å². The number of rotatable bonds is 2. The molecule has 0 aliphatic carbocycles. The fourth-order valence-electron chi connectivity index (χ4n) is 2.92. The second-order valence-electron chi connectivity index (χ2n) is 5.15. The van der Waals surface area contributed by atoms with Gasteiger partial charge in [-0.05, 0) is 19.8 Å². The predicted molar refractivity (Wildman–Crippen MR) is 68.2 cm³/mol. The van der Waals surface area contributed by atoms with E-state index in [0.717, 1.165) is 57.0 Å². The quantitative estimate of drug-likeness (QED) is 0.827. The fourth-order valence-corrected chi connectivity index (χ4v) is 2.92. The van der Waals surface area contributed by atoms with Crippen LogP contribution in [0.4, 0.5) is 0 Å². The second-order valence-corrected chi connectivity index (χ2v) is 5.15. The third kappa shape index (κ3) is 2.03. The fraction of sp³-hybridized carbons (Fsp3) is 0.692. The molecule has 98 valence electrons. The molecule has 2 aliphatic rings. The van der Waals surface area contributed by atoms with Gasteiger partial charge in [0.05, 0.1) is 5.69 Å². The number of nitrogens with zero attached hydrogens (tertiary/aromatic N) is 3. The van der Waals surface area contributed by atoms with Gasteiger partial charge in [-0.2, -0.15) is 0 Å². The van der Waals surface area contributed by atoms with Crippen LogP contribution in [0.15, 0.2) is 0 Å². The van der Waals surface area contributed by atoms with E-state index in [1.54, 1.807) is 0 Å². The molecule has 18 heavy (non-hydrogen) atoms. The van der Waals surface area contributed by atoms with Crippen molar-refractivity contribution in [1.29, 1.82) is 0 Å². The number of nitrogens with one attached hydrogen (secondary N) is 1. The van der Waals surface area contributed by atoms with Gasteiger partial charge in [0.1, 0.15) is 12.4 Å². The highest BCUT2D eigenvalue weighted by Gasteiger charge is 2.22. The number of likely N-dealkylation sites (tertiary alicyclic amines) is 1. The molecule has 1 saturated heterocycles. The molecule has 3 heterocycles. The lowest BCUT2D eigenvalue weighted by atomic mass is 10.2. The summed E-state index contributed by atoms with van der Waals surface area (Å²) in [6.45, 7) is 6.13. The molecule has 0 bridgehead atoms. The second kappa shape index (κ2) is 4.72. The number of imidazole rings is 1. The lowest BCUT2D eigenvalue weighted by molar-refractivity contribution is -0.130. The Hall–Kier alpha value is -1.36. The number of hydrogen-bond acceptors (Lipinski definition) is 3. The zero-order valence-electron chi connectivity index (χ0n) is 10.9. The summed E-state index contributed by atoms with van der Waals surface area (Å²) >= 11 is 0. The molecular formula is C13H20N4O. The van der Waals surface area contributed by atoms with Crippen LogP contribution in [-0.2, 0) is 24.3 Å². The molecule has 1 aromatic rings. The Kier molecular flexibility index (Phi) is 3.07. The maximum atomic E-state index is 12.2. The van der Waals surface area contributed by atoms with Crippen LogP contribution in [0.3, 0.4) is 0 Å². The Labute approximate surface area is 107 Å². The van der Waals surface area contributed by atoms with Crippen LogP contribution >= 0.6 is 0 Å². The van der Waals surface area contributed by atoms with Crippen molar-refractivity contribution in [2.45, 2.75) is 39.3 Å². The van der Waals surface area contributed by atoms with Crippen molar-refractivity contribution in [2.24, 2.45) is 0 Å². The summed E-state index contributed by atoms with van der Waals surface area (Å²) in [5, 5.41) is 3.32. The van der Waals surface area contributed by atoms with E-state index in [1.807, 2.05) is 11.8 Å². The van der Waals surface area contributed by atoms with Gasteiger partial charge in [-0.25, -0.2) is 4.98 Å². The van der Waals surface area contributed by atoms with Crippen LogP contribution in [-0.4, -0.2) is 40.0 Å². The van der Waals surface area contributed by atoms with E-state index in [4.69, 9.17) is 0 Å². The van der Waals surface area contributed by atoms with E-state index in [-0.39, 0.29) is 5.91 Å². The van der Waals surface area contributed by atoms with Crippen molar-refractivity contribution in [2.75, 3.05) is 19.6 Å². The molecule has 3 rings (SSSR count). The van der Waals surface area contributed by atoms with Gasteiger partial charge < -0.3 is 14.8 Å². The number of amides is 1. The molecule has 1 fully saturated rings. The SMILES string of the molecule is Cc1nc2c(n1CC(=O)N1CCCC1)CCNC2. The number of aryl methyl sites for hydroxylation is 1. The molecule has 5 nitrogen and oxygen atoms in total. The van der Waals surface area contributed by atoms with Crippen molar-refractivity contribution in [3.63, 3.8) is 0 Å². The van der Waals surface area contributed by atoms with Crippen LogP contribution in [0, 0.1) is 6.92 Å². The van der Waals surface area contributed by atoms with Gasteiger partial charge in [0.25, 0.3) is 0 Å². The van der Waals surface area contributed by atoms with Crippen molar-refractivity contribution in [3.05, 3.63) is 17.2 Å². The number of aromatic nitrogens is 2. The minimum atomic E-state index is 0.245. The summed E-state index contributed by atoms with van der Waals surface area (Å²) in [6.07, 6.45) is 3.27. The summed E-state index contributed by atoms with van der Waals surface area (Å²) in [6, 6.07) is 0. The molecule has 1 amide bonds. The molecule has 0 spiro atoms.